The minimum Gasteiger partial charge on any atom is -0.497 e. The number of methoxy groups -OCH3 is 2. The van der Waals surface area contributed by atoms with Gasteiger partial charge in [-0.3, -0.25) is 0 Å². The minimum atomic E-state index is -2.82. The van der Waals surface area contributed by atoms with Crippen LogP contribution in [0.5, 0.6) is 11.5 Å². The summed E-state index contributed by atoms with van der Waals surface area (Å²) < 4.78 is 49.9. The standard InChI is InChI=1S/C53H70O10Si2/c1-37(63-65(52(2,3)4,41-25-17-13-18-26-41)42-27-19-14-20-28-42)22-21-29-45(60-50(54)38-23-15-12-16-24-38)49-47(61-53(5,6)62-49)33-39-32-43(39)44-34-40(57-8)35-46(59-36-56-7)48(44)51(55)58-30-31-64(9,10)11/h12-21,23-29,34-35,37,39,43,45,47,49H,22,30-33,36H2,1-11H3/b29-21-/t37?,39?,43?,45?,47-,49+/m0/s1. The first-order valence-corrected chi connectivity index (χ1v) is 28.6. The van der Waals surface area contributed by atoms with Crippen molar-refractivity contribution in [1.82, 2.24) is 0 Å². The van der Waals surface area contributed by atoms with E-state index in [2.05, 4.69) is 102 Å². The van der Waals surface area contributed by atoms with Gasteiger partial charge in [-0.25, -0.2) is 9.59 Å². The summed E-state index contributed by atoms with van der Waals surface area (Å²) in [4.78, 5) is 27.7. The molecule has 0 bridgehead atoms. The second kappa shape index (κ2) is 21.4. The molecule has 0 aromatic heterocycles. The van der Waals surface area contributed by atoms with Crippen LogP contribution in [0.4, 0.5) is 0 Å². The van der Waals surface area contributed by atoms with Crippen molar-refractivity contribution in [1.29, 1.82) is 0 Å². The van der Waals surface area contributed by atoms with Crippen molar-refractivity contribution >= 4 is 38.7 Å². The van der Waals surface area contributed by atoms with E-state index < -0.39 is 52.4 Å². The van der Waals surface area contributed by atoms with Crippen molar-refractivity contribution in [2.24, 2.45) is 5.92 Å². The maximum Gasteiger partial charge on any atom is 0.342 e. The van der Waals surface area contributed by atoms with Gasteiger partial charge >= 0.3 is 11.9 Å². The van der Waals surface area contributed by atoms with E-state index in [4.69, 9.17) is 37.6 Å². The molecule has 1 aliphatic carbocycles. The lowest BCUT2D eigenvalue weighted by atomic mass is 9.96. The van der Waals surface area contributed by atoms with Gasteiger partial charge in [-0.15, -0.1) is 0 Å². The van der Waals surface area contributed by atoms with Gasteiger partial charge in [-0.2, -0.15) is 0 Å². The lowest BCUT2D eigenvalue weighted by Gasteiger charge is -2.44. The summed E-state index contributed by atoms with van der Waals surface area (Å²) in [6, 6.07) is 34.7. The van der Waals surface area contributed by atoms with Crippen LogP contribution in [0.2, 0.25) is 30.7 Å². The molecule has 1 aliphatic heterocycles. The van der Waals surface area contributed by atoms with E-state index in [1.54, 1.807) is 25.3 Å². The predicted molar refractivity (Wildman–Crippen MR) is 261 cm³/mol. The SMILES string of the molecule is COCOc1cc(OC)cc(C2CC2C[C@@H]2OC(C)(C)O[C@@H]2C(/C=C\CC(C)O[Si](c2ccccc2)(c2ccccc2)C(C)(C)C)OC(=O)c2ccccc2)c1C(=O)OCC[Si](C)(C)C. The van der Waals surface area contributed by atoms with E-state index >= 15 is 0 Å². The summed E-state index contributed by atoms with van der Waals surface area (Å²) >= 11 is 0. The average molecular weight is 923 g/mol. The Labute approximate surface area is 389 Å². The Kier molecular flexibility index (Phi) is 16.4. The molecule has 12 heteroatoms. The Hall–Kier alpha value is -4.57. The summed E-state index contributed by atoms with van der Waals surface area (Å²) in [6.45, 7) is 19.8. The molecule has 2 fully saturated rings. The van der Waals surface area contributed by atoms with Gasteiger partial charge in [0.2, 0.25) is 0 Å². The largest absolute Gasteiger partial charge is 0.497 e. The molecule has 6 atom stereocenters. The highest BCUT2D eigenvalue weighted by Gasteiger charge is 2.52. The van der Waals surface area contributed by atoms with Crippen LogP contribution in [0.15, 0.2) is 115 Å². The Morgan fingerprint density at radius 2 is 1.48 bits per heavy atom. The molecule has 1 saturated heterocycles. The number of ether oxygens (including phenoxy) is 7. The summed E-state index contributed by atoms with van der Waals surface area (Å²) in [6.07, 6.45) is 3.91. The second-order valence-corrected chi connectivity index (χ2v) is 29.9. The normalized spacial score (nSPS) is 20.5. The molecule has 0 amide bonds. The molecular weight excluding hydrogens is 853 g/mol. The first kappa shape index (κ1) is 49.9. The smallest absolute Gasteiger partial charge is 0.342 e. The van der Waals surface area contributed by atoms with Crippen LogP contribution in [-0.4, -0.2) is 86.2 Å². The van der Waals surface area contributed by atoms with Crippen LogP contribution >= 0.6 is 0 Å². The third-order valence-electron chi connectivity index (χ3n) is 12.2. The molecule has 0 radical (unpaired) electrons. The third-order valence-corrected chi connectivity index (χ3v) is 19.1. The zero-order valence-electron chi connectivity index (χ0n) is 40.3. The van der Waals surface area contributed by atoms with Crippen LogP contribution in [-0.2, 0) is 28.1 Å². The Balaban J connectivity index is 1.27. The summed E-state index contributed by atoms with van der Waals surface area (Å²) in [5, 5.41) is 2.24. The number of benzene rings is 4. The molecule has 2 aliphatic rings. The van der Waals surface area contributed by atoms with E-state index in [9.17, 15) is 9.59 Å². The van der Waals surface area contributed by atoms with Crippen molar-refractivity contribution in [2.75, 3.05) is 27.6 Å². The van der Waals surface area contributed by atoms with Crippen molar-refractivity contribution in [2.45, 2.75) is 128 Å². The van der Waals surface area contributed by atoms with Crippen LogP contribution in [0, 0.1) is 5.92 Å². The average Bonchev–Trinajstić information content (AvgIpc) is 3.97. The summed E-state index contributed by atoms with van der Waals surface area (Å²) in [5.74, 6) is -0.800. The van der Waals surface area contributed by atoms with Gasteiger partial charge in [0.1, 0.15) is 29.3 Å². The predicted octanol–water partition coefficient (Wildman–Crippen LogP) is 10.3. The fourth-order valence-corrected chi connectivity index (χ4v) is 14.4. The van der Waals surface area contributed by atoms with Crippen molar-refractivity contribution < 1.29 is 47.2 Å². The lowest BCUT2D eigenvalue weighted by Crippen LogP contribution is -2.67. The van der Waals surface area contributed by atoms with Gasteiger partial charge in [0.15, 0.2) is 12.6 Å². The molecule has 4 aromatic carbocycles. The van der Waals surface area contributed by atoms with E-state index in [-0.39, 0.29) is 29.8 Å². The monoisotopic (exact) mass is 922 g/mol. The zero-order chi connectivity index (χ0) is 47.0. The number of hydrogen-bond donors (Lipinski definition) is 0. The van der Waals surface area contributed by atoms with Crippen molar-refractivity contribution in [3.8, 4) is 11.5 Å². The van der Waals surface area contributed by atoms with E-state index in [0.717, 1.165) is 18.0 Å². The molecule has 6 rings (SSSR count). The Morgan fingerprint density at radius 3 is 2.05 bits per heavy atom. The molecule has 10 nitrogen and oxygen atoms in total. The van der Waals surface area contributed by atoms with Gasteiger partial charge in [0, 0.05) is 27.4 Å². The number of rotatable bonds is 21. The van der Waals surface area contributed by atoms with E-state index in [0.29, 0.717) is 42.1 Å². The van der Waals surface area contributed by atoms with Gasteiger partial charge in [-0.05, 0) is 103 Å². The van der Waals surface area contributed by atoms with Gasteiger partial charge in [0.25, 0.3) is 8.32 Å². The number of carbonyl (C=O) groups is 2. The second-order valence-electron chi connectivity index (χ2n) is 20.1. The maximum atomic E-state index is 13.9. The van der Waals surface area contributed by atoms with Crippen LogP contribution in [0.3, 0.4) is 0 Å². The first-order valence-electron chi connectivity index (χ1n) is 22.9. The molecule has 65 heavy (non-hydrogen) atoms. The molecule has 1 heterocycles. The molecule has 0 N–H and O–H groups in total. The molecular formula is C53H70O10Si2. The topological polar surface area (TPSA) is 108 Å². The molecule has 4 aromatic rings. The highest BCUT2D eigenvalue weighted by Crippen LogP contribution is 2.55. The van der Waals surface area contributed by atoms with Crippen LogP contribution in [0.1, 0.15) is 93.0 Å². The van der Waals surface area contributed by atoms with Crippen molar-refractivity contribution in [3.63, 3.8) is 0 Å². The van der Waals surface area contributed by atoms with E-state index in [1.165, 1.54) is 17.5 Å². The number of esters is 2. The fourth-order valence-electron chi connectivity index (χ4n) is 8.94. The van der Waals surface area contributed by atoms with E-state index in [1.807, 2.05) is 56.3 Å². The van der Waals surface area contributed by atoms with Crippen molar-refractivity contribution in [3.05, 3.63) is 132 Å². The number of carbonyl (C=O) groups excluding carboxylic acids is 2. The first-order chi connectivity index (χ1) is 30.9. The fraction of sp³-hybridized carbons (Fsp3) is 0.472. The maximum absolute atomic E-state index is 13.9. The van der Waals surface area contributed by atoms with Crippen LogP contribution < -0.4 is 19.8 Å². The molecule has 0 spiro atoms. The Morgan fingerprint density at radius 1 is 0.862 bits per heavy atom. The van der Waals surface area contributed by atoms with Crippen LogP contribution in [0.25, 0.3) is 0 Å². The highest BCUT2D eigenvalue weighted by molar-refractivity contribution is 6.99. The summed E-state index contributed by atoms with van der Waals surface area (Å²) in [7, 11) is -1.14. The minimum absolute atomic E-state index is 0.0113. The molecule has 4 unspecified atom stereocenters. The summed E-state index contributed by atoms with van der Waals surface area (Å²) in [5.41, 5.74) is 1.63. The highest BCUT2D eigenvalue weighted by atomic mass is 28.4. The quantitative estimate of drug-likeness (QED) is 0.0347. The third kappa shape index (κ3) is 12.7. The van der Waals surface area contributed by atoms with Gasteiger partial charge in [-0.1, -0.05) is 125 Å². The zero-order valence-corrected chi connectivity index (χ0v) is 42.3. The van der Waals surface area contributed by atoms with Gasteiger partial charge < -0.3 is 37.6 Å². The molecule has 350 valence electrons. The van der Waals surface area contributed by atoms with Gasteiger partial charge in [0.05, 0.1) is 25.4 Å². The lowest BCUT2D eigenvalue weighted by molar-refractivity contribution is -0.153. The number of hydrogen-bond acceptors (Lipinski definition) is 10. The Bertz CT molecular complexity index is 2160. The molecule has 1 saturated carbocycles.